The topological polar surface area (TPSA) is 0 Å². The molecule has 0 fully saturated rings. The zero-order valence-electron chi connectivity index (χ0n) is 16.7. The third-order valence-electron chi connectivity index (χ3n) is 2.42. The molecule has 131 valence electrons. The molecule has 0 nitrogen and oxygen atoms in total. The minimum Gasteiger partial charge on any atom is -0.178 e. The fraction of sp³-hybridized carbons (Fsp3) is 0.400. The molecular formula is C20H33HfSi3-2. The van der Waals surface area contributed by atoms with Gasteiger partial charge in [0.2, 0.25) is 0 Å². The maximum Gasteiger partial charge on any atom is 0.0221 e. The molecule has 0 amide bonds. The number of allylic oxidation sites excluding steroid dienone is 10. The smallest absolute Gasteiger partial charge is 0.0221 e. The van der Waals surface area contributed by atoms with E-state index in [1.165, 1.54) is 11.1 Å². The zero-order chi connectivity index (χ0) is 17.9. The van der Waals surface area contributed by atoms with E-state index in [0.717, 1.165) is 9.52 Å². The predicted molar refractivity (Wildman–Crippen MR) is 116 cm³/mol. The van der Waals surface area contributed by atoms with Gasteiger partial charge in [-0.25, -0.2) is 0 Å². The van der Waals surface area contributed by atoms with E-state index in [2.05, 4.69) is 88.1 Å². The van der Waals surface area contributed by atoms with Crippen molar-refractivity contribution in [1.82, 2.24) is 0 Å². The van der Waals surface area contributed by atoms with Crippen LogP contribution in [0.15, 0.2) is 59.0 Å². The number of hydrogen-bond donors (Lipinski definition) is 0. The van der Waals surface area contributed by atoms with E-state index in [1.807, 2.05) is 24.3 Å². The van der Waals surface area contributed by atoms with Crippen molar-refractivity contribution in [3.8, 4) is 0 Å². The normalized spacial score (nSPS) is 18.2. The summed E-state index contributed by atoms with van der Waals surface area (Å²) < 4.78 is 0. The van der Waals surface area contributed by atoms with Crippen LogP contribution in [0.1, 0.15) is 0 Å². The summed E-state index contributed by atoms with van der Waals surface area (Å²) in [5.41, 5.74) is 7.23. The molecule has 0 bridgehead atoms. The van der Waals surface area contributed by atoms with Gasteiger partial charge in [-0.1, -0.05) is 52.4 Å². The maximum absolute atomic E-state index is 3.17. The molecule has 1 radical (unpaired) electrons. The summed E-state index contributed by atoms with van der Waals surface area (Å²) in [6.07, 6.45) is 18.6. The molecule has 0 aromatic rings. The molecule has 2 rings (SSSR count). The van der Waals surface area contributed by atoms with Crippen LogP contribution in [-0.4, -0.2) is 25.7 Å². The van der Waals surface area contributed by atoms with Crippen LogP contribution in [0.3, 0.4) is 0 Å². The Bertz CT molecular complexity index is 446. The molecule has 0 aromatic carbocycles. The molecule has 2 aliphatic carbocycles. The summed E-state index contributed by atoms with van der Waals surface area (Å²) in [4.78, 5) is 0. The van der Waals surface area contributed by atoms with Crippen molar-refractivity contribution in [3.05, 3.63) is 71.2 Å². The van der Waals surface area contributed by atoms with Crippen molar-refractivity contribution < 1.29 is 25.8 Å². The van der Waals surface area contributed by atoms with Crippen molar-refractivity contribution in [2.45, 2.75) is 52.4 Å². The van der Waals surface area contributed by atoms with Crippen LogP contribution in [0, 0.1) is 12.2 Å². The molecule has 0 unspecified atom stereocenters. The summed E-state index contributed by atoms with van der Waals surface area (Å²) in [7, 11) is -1.29. The second-order valence-electron chi connectivity index (χ2n) is 7.85. The van der Waals surface area contributed by atoms with Crippen molar-refractivity contribution in [1.29, 1.82) is 0 Å². The van der Waals surface area contributed by atoms with E-state index in [4.69, 9.17) is 0 Å². The van der Waals surface area contributed by atoms with E-state index in [1.54, 1.807) is 0 Å². The molecule has 0 saturated carbocycles. The van der Waals surface area contributed by atoms with Gasteiger partial charge in [0.1, 0.15) is 0 Å². The van der Waals surface area contributed by atoms with Gasteiger partial charge in [-0.2, -0.15) is 59.0 Å². The Kier molecular flexibility index (Phi) is 14.4. The van der Waals surface area contributed by atoms with E-state index in [9.17, 15) is 0 Å². The van der Waals surface area contributed by atoms with Gasteiger partial charge in [-0.15, -0.1) is 12.2 Å². The molecular weight excluding hydrogens is 503 g/mol. The van der Waals surface area contributed by atoms with Crippen LogP contribution in [0.4, 0.5) is 0 Å². The Morgan fingerprint density at radius 3 is 1.21 bits per heavy atom. The first-order chi connectivity index (χ1) is 10.6. The fourth-order valence-electron chi connectivity index (χ4n) is 1.80. The van der Waals surface area contributed by atoms with Crippen molar-refractivity contribution in [2.24, 2.45) is 0 Å². The average Bonchev–Trinajstić information content (AvgIpc) is 3.00. The molecule has 24 heavy (non-hydrogen) atoms. The second kappa shape index (κ2) is 13.2. The number of rotatable bonds is 2. The quantitative estimate of drug-likeness (QED) is 0.302. The van der Waals surface area contributed by atoms with Gasteiger partial charge in [0.25, 0.3) is 0 Å². The molecule has 0 saturated heterocycles. The van der Waals surface area contributed by atoms with Gasteiger partial charge >= 0.3 is 0 Å². The van der Waals surface area contributed by atoms with Crippen molar-refractivity contribution >= 4 is 25.7 Å². The average molecular weight is 536 g/mol. The Balaban J connectivity index is 0. The third kappa shape index (κ3) is 16.8. The van der Waals surface area contributed by atoms with Gasteiger partial charge in [0.15, 0.2) is 0 Å². The summed E-state index contributed by atoms with van der Waals surface area (Å²) in [6, 6.07) is 0. The second-order valence-corrected chi connectivity index (χ2v) is 19.0. The van der Waals surface area contributed by atoms with Gasteiger partial charge in [-0.3, -0.25) is 0 Å². The first-order valence-corrected chi connectivity index (χ1v) is 17.8. The van der Waals surface area contributed by atoms with Gasteiger partial charge in [-0.05, 0) is 0 Å². The zero-order valence-corrected chi connectivity index (χ0v) is 23.4. The molecule has 0 heterocycles. The van der Waals surface area contributed by atoms with E-state index >= 15 is 0 Å². The van der Waals surface area contributed by atoms with Crippen LogP contribution < -0.4 is 0 Å². The van der Waals surface area contributed by atoms with Crippen molar-refractivity contribution in [2.75, 3.05) is 0 Å². The van der Waals surface area contributed by atoms with Gasteiger partial charge < -0.3 is 0 Å². The summed E-state index contributed by atoms with van der Waals surface area (Å²) in [5, 5.41) is 0. The van der Waals surface area contributed by atoms with E-state index < -0.39 is 16.1 Å². The van der Waals surface area contributed by atoms with Crippen LogP contribution in [0.25, 0.3) is 0 Å². The molecule has 0 spiro atoms. The SMILES string of the molecule is C[SiH]C.C[Si](C)(C)C=C1[C-]=CC=C1.C[Si](C)(C)C=C1[C-]=CC=C1.[Hf]. The predicted octanol–water partition coefficient (Wildman–Crippen LogP) is 5.96. The number of hydrogen-bond acceptors (Lipinski definition) is 0. The summed E-state index contributed by atoms with van der Waals surface area (Å²) >= 11 is 0. The Morgan fingerprint density at radius 1 is 0.750 bits per heavy atom. The Morgan fingerprint density at radius 2 is 1.04 bits per heavy atom. The standard InChI is InChI=1S/2C9H13Si.C2H7Si.Hf/c2*1-10(2,3)8-9-6-4-5-7-9;1-3-2;/h2*4-6,8H,1-3H3;3H,1-2H3;/q2*-1;;. The summed E-state index contributed by atoms with van der Waals surface area (Å²) in [6.45, 7) is 18.4. The molecule has 4 heteroatoms. The molecule has 0 aliphatic heterocycles. The monoisotopic (exact) mass is 537 g/mol. The van der Waals surface area contributed by atoms with E-state index in [-0.39, 0.29) is 25.8 Å². The Hall–Kier alpha value is -0.0392. The van der Waals surface area contributed by atoms with Crippen molar-refractivity contribution in [3.63, 3.8) is 0 Å². The van der Waals surface area contributed by atoms with Gasteiger partial charge in [0, 0.05) is 51.5 Å². The van der Waals surface area contributed by atoms with E-state index in [0.29, 0.717) is 0 Å². The first-order valence-electron chi connectivity index (χ1n) is 8.30. The molecule has 0 aromatic heterocycles. The van der Waals surface area contributed by atoms with Crippen LogP contribution in [0.2, 0.25) is 52.4 Å². The maximum atomic E-state index is 3.17. The van der Waals surface area contributed by atoms with Crippen LogP contribution in [0.5, 0.6) is 0 Å². The van der Waals surface area contributed by atoms with Crippen LogP contribution >= 0.6 is 0 Å². The molecule has 0 atom stereocenters. The van der Waals surface area contributed by atoms with Crippen LogP contribution in [-0.2, 0) is 25.8 Å². The fourth-order valence-corrected chi connectivity index (χ4v) is 4.03. The molecule has 0 N–H and O–H groups in total. The minimum absolute atomic E-state index is 0. The van der Waals surface area contributed by atoms with Gasteiger partial charge in [0.05, 0.1) is 0 Å². The Labute approximate surface area is 174 Å². The third-order valence-corrected chi connectivity index (χ3v) is 4.78. The minimum atomic E-state index is -1.02. The first kappa shape index (κ1) is 26.2. The molecule has 2 aliphatic rings. The summed E-state index contributed by atoms with van der Waals surface area (Å²) in [5.74, 6) is 0. The largest absolute Gasteiger partial charge is 0.178 e.